The highest BCUT2D eigenvalue weighted by Crippen LogP contribution is 2.16. The van der Waals surface area contributed by atoms with Crippen molar-refractivity contribution in [1.82, 2.24) is 29.9 Å². The van der Waals surface area contributed by atoms with Gasteiger partial charge in [0.1, 0.15) is 0 Å². The van der Waals surface area contributed by atoms with Gasteiger partial charge in [-0.05, 0) is 39.7 Å². The molecule has 4 rings (SSSR count). The lowest BCUT2D eigenvalue weighted by molar-refractivity contribution is 0.664. The van der Waals surface area contributed by atoms with Crippen molar-refractivity contribution in [2.24, 2.45) is 0 Å². The Hall–Kier alpha value is -2.41. The first kappa shape index (κ1) is 12.3. The van der Waals surface area contributed by atoms with Gasteiger partial charge in [-0.15, -0.1) is 5.10 Å². The maximum absolute atomic E-state index is 4.33. The highest BCUT2D eigenvalue weighted by Gasteiger charge is 2.08. The van der Waals surface area contributed by atoms with Crippen LogP contribution in [0, 0.1) is 0 Å². The quantitative estimate of drug-likeness (QED) is 0.524. The zero-order valence-electron chi connectivity index (χ0n) is 10.8. The van der Waals surface area contributed by atoms with Gasteiger partial charge in [0.05, 0.1) is 18.3 Å². The fourth-order valence-electron chi connectivity index (χ4n) is 2.25. The van der Waals surface area contributed by atoms with Gasteiger partial charge in [0.2, 0.25) is 0 Å². The standard InChI is InChI=1S/C14H9BrN6/c15-14-17-7-12-13(18-14)21(20-19-12)8-9-3-4-11-10(6-9)2-1-5-16-11/h1-7H,8H2. The van der Waals surface area contributed by atoms with Crippen molar-refractivity contribution < 1.29 is 0 Å². The predicted molar refractivity (Wildman–Crippen MR) is 81.7 cm³/mol. The van der Waals surface area contributed by atoms with E-state index in [2.05, 4.69) is 47.3 Å². The van der Waals surface area contributed by atoms with Gasteiger partial charge in [-0.3, -0.25) is 4.98 Å². The normalized spacial score (nSPS) is 11.3. The third-order valence-electron chi connectivity index (χ3n) is 3.23. The molecule has 0 radical (unpaired) electrons. The Kier molecular flexibility index (Phi) is 2.85. The Bertz CT molecular complexity index is 948. The number of rotatable bonds is 2. The van der Waals surface area contributed by atoms with Crippen LogP contribution in [0.4, 0.5) is 0 Å². The number of hydrogen-bond acceptors (Lipinski definition) is 5. The van der Waals surface area contributed by atoms with Crippen molar-refractivity contribution >= 4 is 38.0 Å². The van der Waals surface area contributed by atoms with Gasteiger partial charge in [0, 0.05) is 11.6 Å². The second-order valence-electron chi connectivity index (χ2n) is 4.63. The van der Waals surface area contributed by atoms with Gasteiger partial charge >= 0.3 is 0 Å². The Morgan fingerprint density at radius 3 is 3.00 bits per heavy atom. The monoisotopic (exact) mass is 340 g/mol. The molecule has 21 heavy (non-hydrogen) atoms. The maximum atomic E-state index is 4.33. The van der Waals surface area contributed by atoms with Gasteiger partial charge in [-0.2, -0.15) is 0 Å². The van der Waals surface area contributed by atoms with E-state index in [9.17, 15) is 0 Å². The molecule has 0 unspecified atom stereocenters. The molecule has 0 aliphatic heterocycles. The number of aromatic nitrogens is 6. The van der Waals surface area contributed by atoms with Crippen LogP contribution in [0.1, 0.15) is 5.56 Å². The van der Waals surface area contributed by atoms with E-state index in [4.69, 9.17) is 0 Å². The van der Waals surface area contributed by atoms with Crippen LogP contribution in [-0.4, -0.2) is 29.9 Å². The fraction of sp³-hybridized carbons (Fsp3) is 0.0714. The average molecular weight is 341 g/mol. The van der Waals surface area contributed by atoms with Crippen LogP contribution in [-0.2, 0) is 6.54 Å². The van der Waals surface area contributed by atoms with Gasteiger partial charge in [-0.1, -0.05) is 17.3 Å². The zero-order chi connectivity index (χ0) is 14.2. The molecule has 7 heteroatoms. The van der Waals surface area contributed by atoms with Gasteiger partial charge < -0.3 is 0 Å². The lowest BCUT2D eigenvalue weighted by atomic mass is 10.1. The van der Waals surface area contributed by atoms with Crippen LogP contribution in [0.5, 0.6) is 0 Å². The second-order valence-corrected chi connectivity index (χ2v) is 5.33. The molecule has 0 fully saturated rings. The minimum atomic E-state index is 0.529. The molecule has 0 aliphatic rings. The second kappa shape index (κ2) is 4.85. The van der Waals surface area contributed by atoms with E-state index in [-0.39, 0.29) is 0 Å². The summed E-state index contributed by atoms with van der Waals surface area (Å²) in [4.78, 5) is 12.7. The summed E-state index contributed by atoms with van der Waals surface area (Å²) in [6, 6.07) is 10.1. The molecular weight excluding hydrogens is 332 g/mol. The van der Waals surface area contributed by atoms with Crippen LogP contribution >= 0.6 is 15.9 Å². The molecule has 1 aromatic carbocycles. The Balaban J connectivity index is 1.77. The van der Waals surface area contributed by atoms with E-state index in [0.717, 1.165) is 16.5 Å². The Labute approximate surface area is 128 Å². The summed E-state index contributed by atoms with van der Waals surface area (Å²) in [5.41, 5.74) is 3.50. The van der Waals surface area contributed by atoms with Gasteiger partial charge in [-0.25, -0.2) is 14.6 Å². The summed E-state index contributed by atoms with van der Waals surface area (Å²) in [6.45, 7) is 0.602. The maximum Gasteiger partial charge on any atom is 0.198 e. The topological polar surface area (TPSA) is 69.4 Å². The Morgan fingerprint density at radius 2 is 2.05 bits per heavy atom. The van der Waals surface area contributed by atoms with Crippen molar-refractivity contribution in [2.45, 2.75) is 6.54 Å². The summed E-state index contributed by atoms with van der Waals surface area (Å²) < 4.78 is 2.29. The molecule has 0 N–H and O–H groups in total. The minimum absolute atomic E-state index is 0.529. The SMILES string of the molecule is Brc1ncc2nnn(Cc3ccc4ncccc4c3)c2n1. The van der Waals surface area contributed by atoms with Crippen LogP contribution in [0.25, 0.3) is 22.1 Å². The van der Waals surface area contributed by atoms with Crippen LogP contribution in [0.3, 0.4) is 0 Å². The third kappa shape index (κ3) is 2.25. The Morgan fingerprint density at radius 1 is 1.10 bits per heavy atom. The van der Waals surface area contributed by atoms with Crippen molar-refractivity contribution in [1.29, 1.82) is 0 Å². The van der Waals surface area contributed by atoms with Crippen molar-refractivity contribution in [3.8, 4) is 0 Å². The number of fused-ring (bicyclic) bond motifs is 2. The summed E-state index contributed by atoms with van der Waals surface area (Å²) in [6.07, 6.45) is 3.45. The summed E-state index contributed by atoms with van der Waals surface area (Å²) in [7, 11) is 0. The fourth-order valence-corrected chi connectivity index (χ4v) is 2.52. The van der Waals surface area contributed by atoms with E-state index in [1.807, 2.05) is 24.3 Å². The number of hydrogen-bond donors (Lipinski definition) is 0. The molecule has 0 bridgehead atoms. The molecule has 4 aromatic rings. The molecule has 6 nitrogen and oxygen atoms in total. The first-order valence-electron chi connectivity index (χ1n) is 6.35. The first-order chi connectivity index (χ1) is 10.3. The van der Waals surface area contributed by atoms with E-state index in [1.54, 1.807) is 17.1 Å². The van der Waals surface area contributed by atoms with E-state index < -0.39 is 0 Å². The number of nitrogens with zero attached hydrogens (tertiary/aromatic N) is 6. The third-order valence-corrected chi connectivity index (χ3v) is 3.61. The molecular formula is C14H9BrN6. The van der Waals surface area contributed by atoms with Crippen molar-refractivity contribution in [2.75, 3.05) is 0 Å². The van der Waals surface area contributed by atoms with Crippen LogP contribution in [0.2, 0.25) is 0 Å². The highest BCUT2D eigenvalue weighted by atomic mass is 79.9. The molecule has 102 valence electrons. The van der Waals surface area contributed by atoms with Crippen LogP contribution < -0.4 is 0 Å². The van der Waals surface area contributed by atoms with Crippen molar-refractivity contribution in [3.05, 3.63) is 53.0 Å². The number of halogens is 1. The smallest absolute Gasteiger partial charge is 0.198 e. The molecule has 0 aliphatic carbocycles. The van der Waals surface area contributed by atoms with Gasteiger partial charge in [0.25, 0.3) is 0 Å². The summed E-state index contributed by atoms with van der Waals surface area (Å²) in [5.74, 6) is 0. The zero-order valence-corrected chi connectivity index (χ0v) is 12.4. The van der Waals surface area contributed by atoms with Crippen molar-refractivity contribution in [3.63, 3.8) is 0 Å². The summed E-state index contributed by atoms with van der Waals surface area (Å²) >= 11 is 3.27. The van der Waals surface area contributed by atoms with Gasteiger partial charge in [0.15, 0.2) is 15.9 Å². The first-order valence-corrected chi connectivity index (χ1v) is 7.14. The number of pyridine rings is 1. The lowest BCUT2D eigenvalue weighted by Crippen LogP contribution is -2.03. The lowest BCUT2D eigenvalue weighted by Gasteiger charge is -2.04. The molecule has 0 saturated carbocycles. The molecule has 0 saturated heterocycles. The van der Waals surface area contributed by atoms with E-state index in [0.29, 0.717) is 22.4 Å². The molecule has 0 amide bonds. The van der Waals surface area contributed by atoms with E-state index >= 15 is 0 Å². The highest BCUT2D eigenvalue weighted by molar-refractivity contribution is 9.10. The average Bonchev–Trinajstić information content (AvgIpc) is 2.89. The number of benzene rings is 1. The molecule has 0 atom stereocenters. The predicted octanol–water partition coefficient (Wildman–Crippen LogP) is 2.58. The largest absolute Gasteiger partial charge is 0.256 e. The molecule has 3 aromatic heterocycles. The summed E-state index contributed by atoms with van der Waals surface area (Å²) in [5, 5.41) is 9.32. The minimum Gasteiger partial charge on any atom is -0.256 e. The molecule has 0 spiro atoms. The molecule has 3 heterocycles. The van der Waals surface area contributed by atoms with Crippen LogP contribution in [0.15, 0.2) is 47.5 Å². The van der Waals surface area contributed by atoms with E-state index in [1.165, 1.54) is 0 Å².